The van der Waals surface area contributed by atoms with Crippen LogP contribution in [0.5, 0.6) is 0 Å². The highest BCUT2D eigenvalue weighted by Crippen LogP contribution is 2.29. The highest BCUT2D eigenvalue weighted by molar-refractivity contribution is 5.84. The first-order valence-corrected chi connectivity index (χ1v) is 8.07. The molecule has 0 aliphatic rings. The van der Waals surface area contributed by atoms with Gasteiger partial charge in [-0.15, -0.1) is 10.2 Å². The lowest BCUT2D eigenvalue weighted by atomic mass is 10.2. The molecular weight excluding hydrogens is 346 g/mol. The lowest BCUT2D eigenvalue weighted by Gasteiger charge is -2.07. The van der Waals surface area contributed by atoms with Crippen LogP contribution < -0.4 is 0 Å². The summed E-state index contributed by atoms with van der Waals surface area (Å²) in [6.45, 7) is 0. The monoisotopic (exact) mass is 357 g/mol. The second-order valence-corrected chi connectivity index (χ2v) is 5.94. The fraction of sp³-hybridized carbons (Fsp3) is 0. The lowest BCUT2D eigenvalue weighted by Crippen LogP contribution is -2.01. The largest absolute Gasteiger partial charge is 0.299 e. The van der Waals surface area contributed by atoms with Crippen molar-refractivity contribution in [2.75, 3.05) is 0 Å². The van der Waals surface area contributed by atoms with E-state index in [1.807, 2.05) is 30.3 Å². The minimum atomic E-state index is -0.422. The van der Waals surface area contributed by atoms with Crippen molar-refractivity contribution < 1.29 is 4.92 Å². The van der Waals surface area contributed by atoms with Crippen LogP contribution in [0.4, 0.5) is 5.69 Å². The quantitative estimate of drug-likeness (QED) is 0.363. The van der Waals surface area contributed by atoms with Crippen molar-refractivity contribution in [3.63, 3.8) is 0 Å². The van der Waals surface area contributed by atoms with Gasteiger partial charge in [0.15, 0.2) is 5.65 Å². The fourth-order valence-electron chi connectivity index (χ4n) is 3.06. The van der Waals surface area contributed by atoms with Gasteiger partial charge in [0.25, 0.3) is 5.69 Å². The summed E-state index contributed by atoms with van der Waals surface area (Å²) in [6.07, 6.45) is 6.42. The molecule has 130 valence electrons. The van der Waals surface area contributed by atoms with E-state index in [0.29, 0.717) is 22.4 Å². The number of benzene rings is 2. The first-order valence-electron chi connectivity index (χ1n) is 8.07. The van der Waals surface area contributed by atoms with Crippen molar-refractivity contribution >= 4 is 22.4 Å². The van der Waals surface area contributed by atoms with E-state index < -0.39 is 4.92 Å². The predicted molar refractivity (Wildman–Crippen MR) is 97.5 cm³/mol. The molecule has 0 fully saturated rings. The molecule has 0 amide bonds. The third-order valence-corrected chi connectivity index (χ3v) is 4.35. The maximum Gasteiger partial charge on any atom is 0.295 e. The molecule has 27 heavy (non-hydrogen) atoms. The third kappa shape index (κ3) is 2.41. The van der Waals surface area contributed by atoms with Crippen LogP contribution in [0, 0.1) is 10.1 Å². The topological polar surface area (TPSA) is 104 Å². The van der Waals surface area contributed by atoms with Gasteiger partial charge in [0.1, 0.15) is 18.3 Å². The number of nitrogens with zero attached hydrogens (tertiary/aromatic N) is 7. The molecule has 0 saturated heterocycles. The van der Waals surface area contributed by atoms with Gasteiger partial charge in [-0.2, -0.15) is 0 Å². The van der Waals surface area contributed by atoms with Gasteiger partial charge >= 0.3 is 0 Å². The summed E-state index contributed by atoms with van der Waals surface area (Å²) in [7, 11) is 0. The van der Waals surface area contributed by atoms with Crippen molar-refractivity contribution in [2.45, 2.75) is 0 Å². The summed E-state index contributed by atoms with van der Waals surface area (Å²) in [5.41, 5.74) is 3.73. The first-order chi connectivity index (χ1) is 13.2. The Labute approximate surface area is 151 Å². The Morgan fingerprint density at radius 2 is 1.89 bits per heavy atom. The molecule has 3 heterocycles. The molecular formula is C18H11N7O2. The molecule has 5 aromatic rings. The molecule has 0 radical (unpaired) electrons. The molecule has 0 spiro atoms. The normalized spacial score (nSPS) is 11.3. The molecule has 0 unspecified atom stereocenters. The summed E-state index contributed by atoms with van der Waals surface area (Å²) in [6, 6.07) is 12.8. The smallest absolute Gasteiger partial charge is 0.295 e. The third-order valence-electron chi connectivity index (χ3n) is 4.35. The Kier molecular flexibility index (Phi) is 3.20. The number of hydrogen-bond donors (Lipinski definition) is 0. The molecule has 0 atom stereocenters. The van der Waals surface area contributed by atoms with Crippen LogP contribution in [-0.4, -0.2) is 34.1 Å². The second-order valence-electron chi connectivity index (χ2n) is 5.94. The van der Waals surface area contributed by atoms with Crippen LogP contribution >= 0.6 is 0 Å². The zero-order chi connectivity index (χ0) is 18.4. The van der Waals surface area contributed by atoms with E-state index in [4.69, 9.17) is 0 Å². The highest BCUT2D eigenvalue weighted by Gasteiger charge is 2.19. The van der Waals surface area contributed by atoms with Crippen molar-refractivity contribution in [3.05, 3.63) is 77.6 Å². The highest BCUT2D eigenvalue weighted by atomic mass is 16.6. The maximum atomic E-state index is 11.6. The standard InChI is InChI=1S/C18H11N7O2/c26-25(27)17-6-13-15(24-11-21-22-18(24)8-19-13)7-16(17)23-9-14(20-10-23)12-4-2-1-3-5-12/h1-11H. The molecule has 0 aliphatic carbocycles. The Morgan fingerprint density at radius 3 is 2.70 bits per heavy atom. The van der Waals surface area contributed by atoms with Gasteiger partial charge in [-0.05, 0) is 6.07 Å². The van der Waals surface area contributed by atoms with E-state index in [-0.39, 0.29) is 5.69 Å². The predicted octanol–water partition coefficient (Wildman–Crippen LogP) is 3.04. The molecule has 0 N–H and O–H groups in total. The van der Waals surface area contributed by atoms with E-state index in [1.54, 1.807) is 33.9 Å². The van der Waals surface area contributed by atoms with Crippen molar-refractivity contribution in [1.29, 1.82) is 0 Å². The maximum absolute atomic E-state index is 11.6. The van der Waals surface area contributed by atoms with Gasteiger partial charge in [-0.1, -0.05) is 30.3 Å². The van der Waals surface area contributed by atoms with E-state index in [0.717, 1.165) is 11.3 Å². The van der Waals surface area contributed by atoms with Gasteiger partial charge < -0.3 is 0 Å². The Hall–Kier alpha value is -4.14. The van der Waals surface area contributed by atoms with Crippen LogP contribution in [-0.2, 0) is 0 Å². The van der Waals surface area contributed by atoms with Crippen LogP contribution in [0.1, 0.15) is 0 Å². The van der Waals surface area contributed by atoms with Crippen molar-refractivity contribution in [2.24, 2.45) is 0 Å². The molecule has 0 bridgehead atoms. The van der Waals surface area contributed by atoms with Gasteiger partial charge in [0, 0.05) is 17.8 Å². The van der Waals surface area contributed by atoms with Crippen molar-refractivity contribution in [1.82, 2.24) is 29.1 Å². The minimum Gasteiger partial charge on any atom is -0.299 e. The average Bonchev–Trinajstić information content (AvgIpc) is 3.37. The van der Waals surface area contributed by atoms with Gasteiger partial charge in [-0.25, -0.2) is 4.98 Å². The number of fused-ring (bicyclic) bond motifs is 3. The second kappa shape index (κ2) is 5.70. The molecule has 0 saturated carbocycles. The Morgan fingerprint density at radius 1 is 1.04 bits per heavy atom. The van der Waals surface area contributed by atoms with Crippen LogP contribution in [0.3, 0.4) is 0 Å². The number of imidazole rings is 1. The Bertz CT molecular complexity index is 1310. The van der Waals surface area contributed by atoms with Crippen LogP contribution in [0.15, 0.2) is 67.5 Å². The van der Waals surface area contributed by atoms with Gasteiger partial charge in [0.2, 0.25) is 0 Å². The SMILES string of the molecule is O=[N+]([O-])c1cc2ncc3nncn3c2cc1-n1cnc(-c2ccccc2)c1. The Balaban J connectivity index is 1.75. The van der Waals surface area contributed by atoms with Gasteiger partial charge in [0.05, 0.1) is 27.8 Å². The first kappa shape index (κ1) is 15.1. The summed E-state index contributed by atoms with van der Waals surface area (Å²) in [5, 5.41) is 19.5. The van der Waals surface area contributed by atoms with Gasteiger partial charge in [-0.3, -0.25) is 24.1 Å². The number of nitro benzene ring substituents is 1. The number of aromatic nitrogens is 6. The molecule has 0 aliphatic heterocycles. The van der Waals surface area contributed by atoms with E-state index in [2.05, 4.69) is 20.2 Å². The molecule has 2 aromatic carbocycles. The van der Waals surface area contributed by atoms with Crippen molar-refractivity contribution in [3.8, 4) is 16.9 Å². The fourth-order valence-corrected chi connectivity index (χ4v) is 3.06. The molecule has 9 heteroatoms. The molecule has 5 rings (SSSR count). The van der Waals surface area contributed by atoms with Crippen LogP contribution in [0.2, 0.25) is 0 Å². The molecule has 3 aromatic heterocycles. The summed E-state index contributed by atoms with van der Waals surface area (Å²) in [5.74, 6) is 0. The number of nitro groups is 1. The lowest BCUT2D eigenvalue weighted by molar-refractivity contribution is -0.384. The number of rotatable bonds is 3. The van der Waals surface area contributed by atoms with E-state index in [1.165, 1.54) is 12.3 Å². The summed E-state index contributed by atoms with van der Waals surface area (Å²) < 4.78 is 3.38. The zero-order valence-corrected chi connectivity index (χ0v) is 13.8. The summed E-state index contributed by atoms with van der Waals surface area (Å²) >= 11 is 0. The van der Waals surface area contributed by atoms with E-state index >= 15 is 0 Å². The minimum absolute atomic E-state index is 0.0561. The average molecular weight is 357 g/mol. The molecule has 9 nitrogen and oxygen atoms in total. The van der Waals surface area contributed by atoms with Crippen LogP contribution in [0.25, 0.3) is 33.6 Å². The van der Waals surface area contributed by atoms with E-state index in [9.17, 15) is 10.1 Å². The summed E-state index contributed by atoms with van der Waals surface area (Å²) in [4.78, 5) is 19.9. The number of hydrogen-bond acceptors (Lipinski definition) is 6. The zero-order valence-electron chi connectivity index (χ0n) is 13.8.